The van der Waals surface area contributed by atoms with Gasteiger partial charge in [-0.1, -0.05) is 29.8 Å². The number of hydrogen-bond donors (Lipinski definition) is 0. The van der Waals surface area contributed by atoms with Gasteiger partial charge in [-0.25, -0.2) is 4.39 Å². The van der Waals surface area contributed by atoms with Crippen molar-refractivity contribution in [1.29, 1.82) is 0 Å². The number of ether oxygens (including phenoxy) is 1. The zero-order valence-electron chi connectivity index (χ0n) is 16.8. The molecule has 2 aliphatic heterocycles. The SMILES string of the molecule is CCOc1ccc(CN2C[C@@H]3CN(C(C)=O)[C@H](c4cccc(F)c4)[C@@H]3C2)cc1Cl. The van der Waals surface area contributed by atoms with Crippen molar-refractivity contribution >= 4 is 17.5 Å². The lowest BCUT2D eigenvalue weighted by Gasteiger charge is -2.29. The molecule has 2 aromatic carbocycles. The van der Waals surface area contributed by atoms with Gasteiger partial charge < -0.3 is 9.64 Å². The van der Waals surface area contributed by atoms with E-state index in [1.54, 1.807) is 19.1 Å². The minimum absolute atomic E-state index is 0.0542. The van der Waals surface area contributed by atoms with Crippen LogP contribution in [0.3, 0.4) is 0 Å². The van der Waals surface area contributed by atoms with Crippen molar-refractivity contribution in [1.82, 2.24) is 9.80 Å². The molecule has 1 amide bonds. The standard InChI is InChI=1S/C23H26ClFN2O2/c1-3-29-22-8-7-16(9-21(22)24)11-26-12-18-13-27(15(2)28)23(20(18)14-26)17-5-4-6-19(25)10-17/h4-10,18,20,23H,3,11-14H2,1-2H3/t18-,20-,23-/m1/s1. The Morgan fingerprint density at radius 2 is 2.03 bits per heavy atom. The minimum Gasteiger partial charge on any atom is -0.492 e. The first-order chi connectivity index (χ1) is 14.0. The highest BCUT2D eigenvalue weighted by molar-refractivity contribution is 6.32. The Balaban J connectivity index is 1.51. The van der Waals surface area contributed by atoms with Crippen molar-refractivity contribution in [3.05, 3.63) is 64.4 Å². The van der Waals surface area contributed by atoms with Crippen molar-refractivity contribution in [3.63, 3.8) is 0 Å². The minimum atomic E-state index is -0.256. The number of rotatable bonds is 5. The zero-order chi connectivity index (χ0) is 20.5. The second kappa shape index (κ2) is 8.33. The average Bonchev–Trinajstić information content (AvgIpc) is 3.21. The van der Waals surface area contributed by atoms with Gasteiger partial charge in [0.25, 0.3) is 0 Å². The number of nitrogens with zero attached hydrogens (tertiary/aromatic N) is 2. The first kappa shape index (κ1) is 20.2. The van der Waals surface area contributed by atoms with Crippen LogP contribution in [0.2, 0.25) is 5.02 Å². The predicted octanol–water partition coefficient (Wildman–Crippen LogP) is 4.53. The lowest BCUT2D eigenvalue weighted by atomic mass is 9.89. The van der Waals surface area contributed by atoms with Crippen LogP contribution in [-0.2, 0) is 11.3 Å². The molecular weight excluding hydrogens is 391 g/mol. The first-order valence-corrected chi connectivity index (χ1v) is 10.5. The number of amides is 1. The molecule has 0 aliphatic carbocycles. The summed E-state index contributed by atoms with van der Waals surface area (Å²) in [5.74, 6) is 1.20. The Morgan fingerprint density at radius 1 is 1.21 bits per heavy atom. The average molecular weight is 417 g/mol. The molecule has 0 aromatic heterocycles. The van der Waals surface area contributed by atoms with Crippen LogP contribution in [0, 0.1) is 17.7 Å². The highest BCUT2D eigenvalue weighted by atomic mass is 35.5. The van der Waals surface area contributed by atoms with Gasteiger partial charge in [0.05, 0.1) is 17.7 Å². The van der Waals surface area contributed by atoms with Crippen molar-refractivity contribution in [2.45, 2.75) is 26.4 Å². The van der Waals surface area contributed by atoms with E-state index in [1.165, 1.54) is 6.07 Å². The van der Waals surface area contributed by atoms with Crippen LogP contribution in [0.15, 0.2) is 42.5 Å². The largest absolute Gasteiger partial charge is 0.492 e. The van der Waals surface area contributed by atoms with Crippen molar-refractivity contribution in [2.75, 3.05) is 26.2 Å². The fraction of sp³-hybridized carbons (Fsp3) is 0.435. The van der Waals surface area contributed by atoms with Gasteiger partial charge in [0.1, 0.15) is 11.6 Å². The van der Waals surface area contributed by atoms with E-state index in [-0.39, 0.29) is 17.8 Å². The number of benzene rings is 2. The number of carbonyl (C=O) groups is 1. The third-order valence-corrected chi connectivity index (χ3v) is 6.33. The molecule has 154 valence electrons. The molecule has 3 atom stereocenters. The lowest BCUT2D eigenvalue weighted by Crippen LogP contribution is -2.34. The summed E-state index contributed by atoms with van der Waals surface area (Å²) in [4.78, 5) is 16.6. The van der Waals surface area contributed by atoms with Gasteiger partial charge in [0, 0.05) is 39.0 Å². The molecule has 4 nitrogen and oxygen atoms in total. The smallest absolute Gasteiger partial charge is 0.219 e. The van der Waals surface area contributed by atoms with Gasteiger partial charge in [0.2, 0.25) is 5.91 Å². The molecular formula is C23H26ClFN2O2. The molecule has 0 unspecified atom stereocenters. The van der Waals surface area contributed by atoms with Crippen LogP contribution < -0.4 is 4.74 Å². The number of carbonyl (C=O) groups excluding carboxylic acids is 1. The van der Waals surface area contributed by atoms with E-state index in [0.717, 1.165) is 37.3 Å². The third-order valence-electron chi connectivity index (χ3n) is 6.04. The summed E-state index contributed by atoms with van der Waals surface area (Å²) < 4.78 is 19.4. The van der Waals surface area contributed by atoms with Gasteiger partial charge in [0.15, 0.2) is 0 Å². The molecule has 29 heavy (non-hydrogen) atoms. The number of likely N-dealkylation sites (tertiary alicyclic amines) is 2. The summed E-state index contributed by atoms with van der Waals surface area (Å²) in [5.41, 5.74) is 2.03. The molecule has 2 saturated heterocycles. The van der Waals surface area contributed by atoms with Crippen LogP contribution in [0.25, 0.3) is 0 Å². The molecule has 2 aliphatic rings. The molecule has 4 rings (SSSR count). The van der Waals surface area contributed by atoms with E-state index in [0.29, 0.717) is 29.2 Å². The molecule has 2 heterocycles. The van der Waals surface area contributed by atoms with E-state index >= 15 is 0 Å². The molecule has 0 N–H and O–H groups in total. The topological polar surface area (TPSA) is 32.8 Å². The summed E-state index contributed by atoms with van der Waals surface area (Å²) in [7, 11) is 0. The molecule has 2 aromatic rings. The van der Waals surface area contributed by atoms with Gasteiger partial charge in [-0.15, -0.1) is 0 Å². The fourth-order valence-corrected chi connectivity index (χ4v) is 5.14. The highest BCUT2D eigenvalue weighted by Gasteiger charge is 2.48. The van der Waals surface area contributed by atoms with Crippen molar-refractivity contribution in [3.8, 4) is 5.75 Å². The Hall–Kier alpha value is -2.11. The Bertz CT molecular complexity index is 906. The predicted molar refractivity (Wildman–Crippen MR) is 111 cm³/mol. The second-order valence-electron chi connectivity index (χ2n) is 7.99. The fourth-order valence-electron chi connectivity index (χ4n) is 4.88. The van der Waals surface area contributed by atoms with Crippen LogP contribution >= 0.6 is 11.6 Å². The van der Waals surface area contributed by atoms with Crippen LogP contribution in [0.4, 0.5) is 4.39 Å². The first-order valence-electron chi connectivity index (χ1n) is 10.1. The quantitative estimate of drug-likeness (QED) is 0.717. The summed E-state index contributed by atoms with van der Waals surface area (Å²) in [6, 6.07) is 12.5. The van der Waals surface area contributed by atoms with Crippen LogP contribution in [-0.4, -0.2) is 41.9 Å². The third kappa shape index (κ3) is 4.12. The molecule has 6 heteroatoms. The van der Waals surface area contributed by atoms with E-state index in [2.05, 4.69) is 11.0 Å². The van der Waals surface area contributed by atoms with Crippen molar-refractivity contribution in [2.24, 2.45) is 11.8 Å². The maximum Gasteiger partial charge on any atom is 0.219 e. The normalized spacial score (nSPS) is 24.0. The number of halogens is 2. The van der Waals surface area contributed by atoms with E-state index in [4.69, 9.17) is 16.3 Å². The van der Waals surface area contributed by atoms with E-state index < -0.39 is 0 Å². The molecule has 0 spiro atoms. The summed E-state index contributed by atoms with van der Waals surface area (Å²) in [6.07, 6.45) is 0. The van der Waals surface area contributed by atoms with Crippen LogP contribution in [0.1, 0.15) is 31.0 Å². The number of fused-ring (bicyclic) bond motifs is 1. The molecule has 0 radical (unpaired) electrons. The summed E-state index contributed by atoms with van der Waals surface area (Å²) >= 11 is 6.34. The Labute approximate surface area is 176 Å². The zero-order valence-corrected chi connectivity index (χ0v) is 17.5. The van der Waals surface area contributed by atoms with Crippen molar-refractivity contribution < 1.29 is 13.9 Å². The highest BCUT2D eigenvalue weighted by Crippen LogP contribution is 2.45. The van der Waals surface area contributed by atoms with Gasteiger partial charge >= 0.3 is 0 Å². The Kier molecular flexibility index (Phi) is 5.79. The van der Waals surface area contributed by atoms with Gasteiger partial charge in [-0.3, -0.25) is 9.69 Å². The second-order valence-corrected chi connectivity index (χ2v) is 8.39. The molecule has 0 saturated carbocycles. The summed E-state index contributed by atoms with van der Waals surface area (Å²) in [6.45, 7) is 7.45. The number of hydrogen-bond acceptors (Lipinski definition) is 3. The van der Waals surface area contributed by atoms with Gasteiger partial charge in [-0.05, 0) is 48.2 Å². The maximum absolute atomic E-state index is 13.8. The monoisotopic (exact) mass is 416 g/mol. The maximum atomic E-state index is 13.8. The van der Waals surface area contributed by atoms with Crippen LogP contribution in [0.5, 0.6) is 5.75 Å². The van der Waals surface area contributed by atoms with E-state index in [1.807, 2.05) is 30.0 Å². The Morgan fingerprint density at radius 3 is 2.72 bits per heavy atom. The van der Waals surface area contributed by atoms with E-state index in [9.17, 15) is 9.18 Å². The molecule has 0 bridgehead atoms. The summed E-state index contributed by atoms with van der Waals surface area (Å²) in [5, 5.41) is 0.629. The molecule has 2 fully saturated rings. The lowest BCUT2D eigenvalue weighted by molar-refractivity contribution is -0.130. The van der Waals surface area contributed by atoms with Gasteiger partial charge in [-0.2, -0.15) is 0 Å².